The number of carbonyl (C=O) groups is 4. The average Bonchev–Trinajstić information content (AvgIpc) is 1.64. The maximum absolute atomic E-state index is 13.3. The van der Waals surface area contributed by atoms with Gasteiger partial charge in [0.25, 0.3) is 0 Å². The molecule has 0 spiro atoms. The SMILES string of the molecule is CC(F)Oc1cccc(-c2nn(C(C)C)c3cc(C(=O)CC(C)(C)C(C)(C)O)cnc23)c1.CC(F)Oc1cccc(-c2nn(C(C)C)c3cc(C(=O)C[C@@H](C)[C@H](C)O)cnc23)c1.CC(F)Oc1cccc(-c2nn(C(C)C)c3cc(C(=O)C[C@H](C)[C@H](C)O)cnc23)c1.CC(F)Oc1cccc(-c2nn(C(C)C)c3cc(C(=O)C[C@H]4CCC[C@H]4O)cnc23)c1. The van der Waals surface area contributed by atoms with Gasteiger partial charge in [0.05, 0.1) is 46.0 Å². The lowest BCUT2D eigenvalue weighted by atomic mass is 9.73. The summed E-state index contributed by atoms with van der Waals surface area (Å²) in [6.45, 7) is 35.6. The molecule has 123 heavy (non-hydrogen) atoms. The van der Waals surface area contributed by atoms with E-state index in [1.165, 1.54) is 27.7 Å². The van der Waals surface area contributed by atoms with Crippen molar-refractivity contribution in [1.29, 1.82) is 0 Å². The Morgan fingerprint density at radius 3 is 0.911 bits per heavy atom. The van der Waals surface area contributed by atoms with Crippen LogP contribution >= 0.6 is 0 Å². The number of alkyl halides is 4. The Morgan fingerprint density at radius 1 is 0.407 bits per heavy atom. The molecule has 4 unspecified atom stereocenters. The molecule has 0 amide bonds. The molecule has 8 aromatic heterocycles. The molecule has 1 fully saturated rings. The Morgan fingerprint density at radius 2 is 0.675 bits per heavy atom. The fraction of sp³-hybridized carbons (Fsp3) is 0.453. The first-order valence-corrected chi connectivity index (χ1v) is 42.0. The molecule has 10 atom stereocenters. The number of halogens is 4. The first kappa shape index (κ1) is 94.1. The largest absolute Gasteiger partial charge is 0.461 e. The fourth-order valence-electron chi connectivity index (χ4n) is 14.1. The Labute approximate surface area is 715 Å². The van der Waals surface area contributed by atoms with Crippen molar-refractivity contribution in [3.05, 3.63) is 168 Å². The van der Waals surface area contributed by atoms with Gasteiger partial charge in [-0.15, -0.1) is 0 Å². The molecule has 1 saturated carbocycles. The first-order chi connectivity index (χ1) is 58.0. The summed E-state index contributed by atoms with van der Waals surface area (Å²) in [5.41, 5.74) is 11.7. The standard InChI is InChI=1S/C25H32FN3O3.C24H28FN3O3.2C23H28FN3O3/c1-15(2)29-20-12-18(21(30)13-24(4,5)25(6,7)31)14-27-23(20)22(28-29)17-9-8-10-19(11-17)32-16(3)26;1-14(2)28-20-11-18(22(30)12-16-6-5-9-21(16)29)13-26-24(20)23(27-28)17-7-4-8-19(10-17)31-15(3)25;2*1-13(2)27-20-11-18(21(29)9-14(3)15(4)28)12-25-23(20)22(26-27)17-7-6-8-19(10-17)30-16(5)24/h8-12,14-16,31H,13H2,1-7H3;4,7-8,10-11,13-16,21,29H,5-6,9,12H2,1-3H3;2*6-8,10-16,28H,9H2,1-5H3/t;15?,16-,21-;14-,15+,16?;14-,15-,16?/m.110/s1. The number of aliphatic hydroxyl groups excluding tert-OH is 3. The number of carbonyl (C=O) groups excluding carboxylic acids is 4. The number of aromatic nitrogens is 12. The number of hydrogen-bond donors (Lipinski definition) is 4. The lowest BCUT2D eigenvalue weighted by Gasteiger charge is -2.36. The van der Waals surface area contributed by atoms with Gasteiger partial charge >= 0.3 is 0 Å². The van der Waals surface area contributed by atoms with Crippen LogP contribution in [-0.4, -0.2) is 152 Å². The quantitative estimate of drug-likeness (QED) is 0.0232. The topological polar surface area (TPSA) is 309 Å². The van der Waals surface area contributed by atoms with Crippen LogP contribution < -0.4 is 18.9 Å². The van der Waals surface area contributed by atoms with E-state index in [4.69, 9.17) is 39.3 Å². The highest BCUT2D eigenvalue weighted by Gasteiger charge is 2.38. The van der Waals surface area contributed by atoms with Crippen molar-refractivity contribution in [2.75, 3.05) is 0 Å². The van der Waals surface area contributed by atoms with Gasteiger partial charge in [-0.05, 0) is 186 Å². The van der Waals surface area contributed by atoms with Gasteiger partial charge in [0.2, 0.25) is 25.4 Å². The number of hydrogen-bond acceptors (Lipinski definition) is 20. The summed E-state index contributed by atoms with van der Waals surface area (Å²) in [6.07, 6.45) is 2.71. The smallest absolute Gasteiger partial charge is 0.235 e. The molecule has 8 heterocycles. The molecular weight excluding hydrogens is 1580 g/mol. The van der Waals surface area contributed by atoms with E-state index >= 15 is 0 Å². The second kappa shape index (κ2) is 40.4. The Balaban J connectivity index is 0.000000172. The summed E-state index contributed by atoms with van der Waals surface area (Å²) in [5.74, 6) is 1.16. The van der Waals surface area contributed by atoms with E-state index in [0.29, 0.717) is 96.5 Å². The monoisotopic (exact) mass is 1690 g/mol. The highest BCUT2D eigenvalue weighted by molar-refractivity contribution is 6.04. The van der Waals surface area contributed by atoms with Gasteiger partial charge < -0.3 is 39.4 Å². The molecule has 656 valence electrons. The minimum atomic E-state index is -1.42. The van der Waals surface area contributed by atoms with Crippen molar-refractivity contribution in [1.82, 2.24) is 59.1 Å². The number of Topliss-reactive ketones (excluding diaryl/α,β-unsaturated/α-hetero) is 4. The van der Waals surface area contributed by atoms with Gasteiger partial charge in [0.15, 0.2) is 23.1 Å². The third kappa shape index (κ3) is 23.4. The minimum Gasteiger partial charge on any atom is -0.461 e. The highest BCUT2D eigenvalue weighted by atomic mass is 19.2. The van der Waals surface area contributed by atoms with E-state index in [1.807, 2.05) is 138 Å². The third-order valence-electron chi connectivity index (χ3n) is 22.0. The lowest BCUT2D eigenvalue weighted by molar-refractivity contribution is -0.0355. The Hall–Kier alpha value is -11.2. The zero-order valence-electron chi connectivity index (χ0n) is 73.8. The molecule has 0 radical (unpaired) electrons. The van der Waals surface area contributed by atoms with Crippen LogP contribution in [0.4, 0.5) is 17.6 Å². The van der Waals surface area contributed by atoms with Crippen molar-refractivity contribution < 1.29 is 76.1 Å². The van der Waals surface area contributed by atoms with Crippen LogP contribution in [0.15, 0.2) is 146 Å². The molecule has 1 aliphatic rings. The van der Waals surface area contributed by atoms with Crippen LogP contribution in [0, 0.1) is 23.2 Å². The number of rotatable bonds is 31. The second-order valence-electron chi connectivity index (χ2n) is 34.3. The molecule has 24 nitrogen and oxygen atoms in total. The van der Waals surface area contributed by atoms with Gasteiger partial charge in [0.1, 0.15) is 67.8 Å². The van der Waals surface area contributed by atoms with E-state index in [2.05, 4.69) is 19.9 Å². The summed E-state index contributed by atoms with van der Waals surface area (Å²) >= 11 is 0. The third-order valence-corrected chi connectivity index (χ3v) is 22.0. The van der Waals surface area contributed by atoms with Crippen LogP contribution in [-0.2, 0) is 0 Å². The predicted octanol–water partition coefficient (Wildman–Crippen LogP) is 20.8. The van der Waals surface area contributed by atoms with Crippen LogP contribution in [0.3, 0.4) is 0 Å². The number of aliphatic hydroxyl groups is 4. The summed E-state index contributed by atoms with van der Waals surface area (Å²) in [4.78, 5) is 69.5. The Kier molecular flexibility index (Phi) is 30.9. The fourth-order valence-corrected chi connectivity index (χ4v) is 14.1. The molecule has 0 aliphatic heterocycles. The van der Waals surface area contributed by atoms with Crippen molar-refractivity contribution in [3.8, 4) is 68.0 Å². The number of benzene rings is 4. The molecule has 4 N–H and O–H groups in total. The molecule has 4 aromatic carbocycles. The average molecular weight is 1690 g/mol. The van der Waals surface area contributed by atoms with Gasteiger partial charge in [-0.2, -0.15) is 20.4 Å². The highest BCUT2D eigenvalue weighted by Crippen LogP contribution is 2.40. The molecule has 0 saturated heterocycles. The lowest BCUT2D eigenvalue weighted by Crippen LogP contribution is -2.40. The van der Waals surface area contributed by atoms with E-state index in [9.17, 15) is 57.2 Å². The van der Waals surface area contributed by atoms with Gasteiger partial charge in [0, 0.05) is 152 Å². The Bertz CT molecular complexity index is 5510. The molecule has 13 rings (SSSR count). The maximum atomic E-state index is 13.3. The zero-order valence-corrected chi connectivity index (χ0v) is 73.8. The van der Waals surface area contributed by atoms with Crippen molar-refractivity contribution in [2.45, 2.75) is 257 Å². The summed E-state index contributed by atoms with van der Waals surface area (Å²) in [5, 5.41) is 58.8. The van der Waals surface area contributed by atoms with Crippen LogP contribution in [0.2, 0.25) is 0 Å². The van der Waals surface area contributed by atoms with Crippen molar-refractivity contribution in [3.63, 3.8) is 0 Å². The summed E-state index contributed by atoms with van der Waals surface area (Å²) in [7, 11) is 0. The number of pyridine rings is 4. The predicted molar refractivity (Wildman–Crippen MR) is 469 cm³/mol. The molecule has 1 aliphatic carbocycles. The van der Waals surface area contributed by atoms with E-state index in [1.54, 1.807) is 137 Å². The molecule has 0 bridgehead atoms. The molecule has 28 heteroatoms. The first-order valence-electron chi connectivity index (χ1n) is 42.0. The summed E-state index contributed by atoms with van der Waals surface area (Å²) in [6, 6.07) is 35.8. The van der Waals surface area contributed by atoms with Crippen LogP contribution in [0.25, 0.3) is 89.2 Å². The van der Waals surface area contributed by atoms with E-state index < -0.39 is 54.8 Å². The van der Waals surface area contributed by atoms with Crippen LogP contribution in [0.1, 0.15) is 249 Å². The normalized spacial score (nSPS) is 15.7. The molecule has 12 aromatic rings. The second-order valence-corrected chi connectivity index (χ2v) is 34.3. The number of ketones is 4. The van der Waals surface area contributed by atoms with Crippen molar-refractivity contribution in [2.24, 2.45) is 23.2 Å². The van der Waals surface area contributed by atoms with E-state index in [0.717, 1.165) is 63.6 Å². The van der Waals surface area contributed by atoms with Crippen molar-refractivity contribution >= 4 is 67.3 Å². The summed E-state index contributed by atoms with van der Waals surface area (Å²) < 4.78 is 81.1. The number of nitrogens with zero attached hydrogens (tertiary/aromatic N) is 12. The zero-order chi connectivity index (χ0) is 90.0. The van der Waals surface area contributed by atoms with Gasteiger partial charge in [-0.25, -0.2) is 17.6 Å². The maximum Gasteiger partial charge on any atom is 0.235 e. The number of ether oxygens (including phenoxy) is 4. The van der Waals surface area contributed by atoms with Gasteiger partial charge in [-0.1, -0.05) is 82.6 Å². The number of fused-ring (bicyclic) bond motifs is 4. The minimum absolute atomic E-state index is 0.00858. The van der Waals surface area contributed by atoms with E-state index in [-0.39, 0.29) is 84.3 Å². The van der Waals surface area contributed by atoms with Crippen LogP contribution in [0.5, 0.6) is 23.0 Å². The van der Waals surface area contributed by atoms with Gasteiger partial charge in [-0.3, -0.25) is 57.8 Å². The molecular formula is C95H116F4N12O12.